The molecule has 0 spiro atoms. The molecule has 0 saturated heterocycles. The Morgan fingerprint density at radius 1 is 1.02 bits per heavy atom. The van der Waals surface area contributed by atoms with E-state index in [0.29, 0.717) is 11.3 Å². The van der Waals surface area contributed by atoms with Crippen molar-refractivity contribution in [2.24, 2.45) is 34.5 Å². The van der Waals surface area contributed by atoms with Crippen LogP contribution in [0.15, 0.2) is 30.3 Å². The van der Waals surface area contributed by atoms with Crippen molar-refractivity contribution in [1.29, 1.82) is 5.26 Å². The number of amides is 1. The largest absolute Gasteiger partial charge is 0.508 e. The predicted molar refractivity (Wildman–Crippen MR) is 160 cm³/mol. The number of phenolic OH excluding ortho intramolecular Hbond substituents is 2. The van der Waals surface area contributed by atoms with E-state index in [0.717, 1.165) is 0 Å². The van der Waals surface area contributed by atoms with Crippen LogP contribution < -0.4 is 22.1 Å². The number of ketones is 4. The summed E-state index contributed by atoms with van der Waals surface area (Å²) in [4.78, 5) is 71.7. The lowest BCUT2D eigenvalue weighted by molar-refractivity contribution is -0.166. The molecule has 1 amide bonds. The fourth-order valence-electron chi connectivity index (χ4n) is 7.47. The number of phenols is 2. The van der Waals surface area contributed by atoms with Gasteiger partial charge < -0.3 is 32.3 Å². The molecule has 0 aliphatic heterocycles. The zero-order valence-corrected chi connectivity index (χ0v) is 25.0. The number of likely N-dealkylation sites (N-methyl/N-ethyl adjacent to an activating group) is 1. The number of carbonyl (C=O) groups is 5. The van der Waals surface area contributed by atoms with E-state index in [9.17, 15) is 39.4 Å². The van der Waals surface area contributed by atoms with Gasteiger partial charge in [-0.05, 0) is 56.8 Å². The van der Waals surface area contributed by atoms with Crippen LogP contribution >= 0.6 is 0 Å². The summed E-state index contributed by atoms with van der Waals surface area (Å²) < 4.78 is 0. The molecular weight excluding hydrogens is 580 g/mol. The molecular formula is C32H32N6O7. The maximum absolute atomic E-state index is 14.5. The SMILES string of the molecule is CN(C)c1cc(C#Cc2cccc(O)c2)c(O)c2c1C[C@@]1(N)C[C@@]3(N)[C@H](N(C)C)C(=O)C(C(N)=O)C(=O)[C@@]3(C#N)C(=O)C1C2=O. The summed E-state index contributed by atoms with van der Waals surface area (Å²) in [5.41, 5.74) is 13.2. The van der Waals surface area contributed by atoms with Crippen LogP contribution in [0.3, 0.4) is 0 Å². The Bertz CT molecular complexity index is 1830. The van der Waals surface area contributed by atoms with Crippen molar-refractivity contribution in [2.75, 3.05) is 33.1 Å². The standard InChI is InChI=1S/C32H32N6O7/c1-37(2)19-11-16(9-8-15-6-5-7-17(39)10-15)23(40)20-18(19)12-30(35)13-32(36)26(38(3)4)25(42)21(29(34)45)27(43)31(32,14-33)28(44)22(30)24(20)41/h5-7,10-11,21-22,26,39-40H,12-13,35-36H2,1-4H3,(H2,34,45)/t21?,22?,26-,30-,31+,32-/m1/s1. The van der Waals surface area contributed by atoms with Gasteiger partial charge in [0.05, 0.1) is 28.8 Å². The molecule has 3 aliphatic rings. The Balaban J connectivity index is 1.75. The number of primary amides is 1. The first-order valence-electron chi connectivity index (χ1n) is 14.0. The second-order valence-electron chi connectivity index (χ2n) is 12.5. The second-order valence-corrected chi connectivity index (χ2v) is 12.5. The highest BCUT2D eigenvalue weighted by Crippen LogP contribution is 2.57. The molecule has 6 atom stereocenters. The van der Waals surface area contributed by atoms with E-state index in [1.54, 1.807) is 43.3 Å². The smallest absolute Gasteiger partial charge is 0.235 e. The quantitative estimate of drug-likeness (QED) is 0.207. The van der Waals surface area contributed by atoms with Crippen molar-refractivity contribution >= 4 is 34.7 Å². The number of benzene rings is 2. The monoisotopic (exact) mass is 612 g/mol. The van der Waals surface area contributed by atoms with E-state index in [4.69, 9.17) is 17.2 Å². The van der Waals surface area contributed by atoms with E-state index >= 15 is 0 Å². The number of fused-ring (bicyclic) bond motifs is 3. The van der Waals surface area contributed by atoms with E-state index in [1.807, 2.05) is 0 Å². The summed E-state index contributed by atoms with van der Waals surface area (Å²) in [6.45, 7) is 0. The predicted octanol–water partition coefficient (Wildman–Crippen LogP) is -1.02. The van der Waals surface area contributed by atoms with Gasteiger partial charge in [0.25, 0.3) is 0 Å². The van der Waals surface area contributed by atoms with Gasteiger partial charge in [-0.2, -0.15) is 5.26 Å². The molecule has 2 aromatic rings. The van der Waals surface area contributed by atoms with Crippen LogP contribution in [0.4, 0.5) is 5.69 Å². The van der Waals surface area contributed by atoms with Crippen LogP contribution in [-0.2, 0) is 25.6 Å². The molecule has 13 heteroatoms. The maximum atomic E-state index is 14.5. The molecule has 2 fully saturated rings. The average molecular weight is 613 g/mol. The van der Waals surface area contributed by atoms with Gasteiger partial charge in [0.2, 0.25) is 5.91 Å². The summed E-state index contributed by atoms with van der Waals surface area (Å²) in [6, 6.07) is 7.86. The zero-order chi connectivity index (χ0) is 33.4. The van der Waals surface area contributed by atoms with E-state index in [-0.39, 0.29) is 28.9 Å². The first-order valence-corrected chi connectivity index (χ1v) is 14.0. The zero-order valence-electron chi connectivity index (χ0n) is 25.0. The number of hydrogen-bond acceptors (Lipinski definition) is 12. The van der Waals surface area contributed by atoms with Crippen LogP contribution in [-0.4, -0.2) is 89.5 Å². The molecule has 2 unspecified atom stereocenters. The molecule has 13 nitrogen and oxygen atoms in total. The molecule has 232 valence electrons. The Labute approximate surface area is 258 Å². The minimum absolute atomic E-state index is 0.0211. The number of nitrogens with two attached hydrogens (primary N) is 3. The second kappa shape index (κ2) is 10.2. The number of nitriles is 1. The first kappa shape index (κ1) is 31.3. The van der Waals surface area contributed by atoms with Crippen LogP contribution in [0, 0.1) is 40.4 Å². The van der Waals surface area contributed by atoms with Crippen molar-refractivity contribution in [2.45, 2.75) is 30.0 Å². The van der Waals surface area contributed by atoms with E-state index in [2.05, 4.69) is 11.8 Å². The lowest BCUT2D eigenvalue weighted by atomic mass is 9.42. The van der Waals surface area contributed by atoms with Gasteiger partial charge in [0, 0.05) is 30.9 Å². The molecule has 8 N–H and O–H groups in total. The summed E-state index contributed by atoms with van der Waals surface area (Å²) in [6.07, 6.45) is -0.707. The summed E-state index contributed by atoms with van der Waals surface area (Å²) in [5.74, 6) is -4.84. The van der Waals surface area contributed by atoms with Gasteiger partial charge in [-0.3, -0.25) is 28.9 Å². The Morgan fingerprint density at radius 3 is 2.24 bits per heavy atom. The normalized spacial score (nSPS) is 30.4. The third-order valence-corrected chi connectivity index (χ3v) is 9.24. The molecule has 5 rings (SSSR count). The van der Waals surface area contributed by atoms with E-state index in [1.165, 1.54) is 31.1 Å². The van der Waals surface area contributed by atoms with E-state index < -0.39 is 75.6 Å². The molecule has 0 aromatic heterocycles. The highest BCUT2D eigenvalue weighted by molar-refractivity contribution is 6.33. The number of rotatable bonds is 3. The summed E-state index contributed by atoms with van der Waals surface area (Å²) >= 11 is 0. The van der Waals surface area contributed by atoms with Gasteiger partial charge in [-0.1, -0.05) is 17.9 Å². The van der Waals surface area contributed by atoms with Gasteiger partial charge in [-0.25, -0.2) is 0 Å². The van der Waals surface area contributed by atoms with Gasteiger partial charge in [-0.15, -0.1) is 0 Å². The summed E-state index contributed by atoms with van der Waals surface area (Å²) in [7, 11) is 6.27. The fraction of sp³-hybridized carbons (Fsp3) is 0.375. The van der Waals surface area contributed by atoms with Crippen molar-refractivity contribution in [1.82, 2.24) is 4.90 Å². The molecule has 0 bridgehead atoms. The molecule has 2 aromatic carbocycles. The van der Waals surface area contributed by atoms with Crippen molar-refractivity contribution in [3.8, 4) is 29.4 Å². The number of nitrogens with zero attached hydrogens (tertiary/aromatic N) is 3. The van der Waals surface area contributed by atoms with Gasteiger partial charge in [0.1, 0.15) is 17.4 Å². The van der Waals surface area contributed by atoms with Crippen LogP contribution in [0.2, 0.25) is 0 Å². The lowest BCUT2D eigenvalue weighted by Crippen LogP contribution is -2.85. The minimum atomic E-state index is -2.83. The highest BCUT2D eigenvalue weighted by atomic mass is 16.3. The average Bonchev–Trinajstić information content (AvgIpc) is 2.91. The van der Waals surface area contributed by atoms with Gasteiger partial charge >= 0.3 is 0 Å². The number of anilines is 1. The van der Waals surface area contributed by atoms with Crippen molar-refractivity contribution < 1.29 is 34.2 Å². The molecule has 45 heavy (non-hydrogen) atoms. The maximum Gasteiger partial charge on any atom is 0.235 e. The van der Waals surface area contributed by atoms with Crippen LogP contribution in [0.1, 0.15) is 33.5 Å². The lowest BCUT2D eigenvalue weighted by Gasteiger charge is -2.60. The summed E-state index contributed by atoms with van der Waals surface area (Å²) in [5, 5.41) is 31.7. The highest BCUT2D eigenvalue weighted by Gasteiger charge is 2.78. The fourth-order valence-corrected chi connectivity index (χ4v) is 7.47. The third-order valence-electron chi connectivity index (χ3n) is 9.24. The number of carbonyl (C=O) groups excluding carboxylic acids is 5. The molecule has 2 saturated carbocycles. The first-order chi connectivity index (χ1) is 21.0. The van der Waals surface area contributed by atoms with Crippen LogP contribution in [0.5, 0.6) is 11.5 Å². The molecule has 0 radical (unpaired) electrons. The number of hydrogen-bond donors (Lipinski definition) is 5. The molecule has 3 aliphatic carbocycles. The van der Waals surface area contributed by atoms with Gasteiger partial charge in [0.15, 0.2) is 34.5 Å². The van der Waals surface area contributed by atoms with Crippen LogP contribution in [0.25, 0.3) is 0 Å². The minimum Gasteiger partial charge on any atom is -0.508 e. The third kappa shape index (κ3) is 4.16. The topological polar surface area (TPSA) is 234 Å². The van der Waals surface area contributed by atoms with Crippen molar-refractivity contribution in [3.05, 3.63) is 52.6 Å². The Hall–Kier alpha value is -5.08. The Kier molecular flexibility index (Phi) is 7.13. The Morgan fingerprint density at radius 2 is 1.69 bits per heavy atom. The number of Topliss-reactive ketones (excluding diaryl/α,β-unsaturated/α-hetero) is 4. The van der Waals surface area contributed by atoms with Crippen molar-refractivity contribution in [3.63, 3.8) is 0 Å². The number of aromatic hydroxyl groups is 2. The molecule has 0 heterocycles.